The molecule has 0 bridgehead atoms. The van der Waals surface area contributed by atoms with Crippen LogP contribution in [0.5, 0.6) is 0 Å². The standard InChI is InChI=1S/C12H23N3O4/c1-5-7-13-10(16)8(3)14-12(19)15(4)9(6-2)11(17)18/h8-9H,5-7H2,1-4H3,(H,13,16)(H,14,19)(H,17,18). The van der Waals surface area contributed by atoms with Crippen LogP contribution in [-0.2, 0) is 9.59 Å². The van der Waals surface area contributed by atoms with Crippen LogP contribution in [0.3, 0.4) is 0 Å². The minimum Gasteiger partial charge on any atom is -0.480 e. The van der Waals surface area contributed by atoms with Gasteiger partial charge in [-0.3, -0.25) is 4.79 Å². The quantitative estimate of drug-likeness (QED) is 0.625. The number of carboxylic acid groups (broad SMARTS) is 1. The number of carbonyl (C=O) groups is 3. The Morgan fingerprint density at radius 2 is 1.84 bits per heavy atom. The van der Waals surface area contributed by atoms with E-state index in [2.05, 4.69) is 10.6 Å². The van der Waals surface area contributed by atoms with Crippen molar-refractivity contribution >= 4 is 17.9 Å². The molecule has 0 aliphatic carbocycles. The fraction of sp³-hybridized carbons (Fsp3) is 0.750. The Labute approximate surface area is 113 Å². The van der Waals surface area contributed by atoms with Gasteiger partial charge in [0.2, 0.25) is 5.91 Å². The van der Waals surface area contributed by atoms with E-state index in [1.54, 1.807) is 13.8 Å². The molecule has 0 radical (unpaired) electrons. The van der Waals surface area contributed by atoms with E-state index in [1.165, 1.54) is 7.05 Å². The molecule has 2 atom stereocenters. The van der Waals surface area contributed by atoms with Crippen LogP contribution in [0.1, 0.15) is 33.6 Å². The number of amides is 3. The average molecular weight is 273 g/mol. The molecule has 19 heavy (non-hydrogen) atoms. The van der Waals surface area contributed by atoms with Crippen LogP contribution in [-0.4, -0.2) is 53.6 Å². The van der Waals surface area contributed by atoms with E-state index in [-0.39, 0.29) is 5.91 Å². The maximum absolute atomic E-state index is 11.8. The van der Waals surface area contributed by atoms with E-state index in [0.717, 1.165) is 11.3 Å². The molecule has 110 valence electrons. The maximum Gasteiger partial charge on any atom is 0.326 e. The van der Waals surface area contributed by atoms with Crippen molar-refractivity contribution in [1.82, 2.24) is 15.5 Å². The lowest BCUT2D eigenvalue weighted by Gasteiger charge is -2.25. The van der Waals surface area contributed by atoms with Gasteiger partial charge in [0, 0.05) is 13.6 Å². The van der Waals surface area contributed by atoms with Crippen molar-refractivity contribution < 1.29 is 19.5 Å². The first-order chi connectivity index (χ1) is 8.84. The molecule has 0 heterocycles. The smallest absolute Gasteiger partial charge is 0.326 e. The monoisotopic (exact) mass is 273 g/mol. The third kappa shape index (κ3) is 5.58. The second-order valence-corrected chi connectivity index (χ2v) is 4.34. The Balaban J connectivity index is 4.43. The summed E-state index contributed by atoms with van der Waals surface area (Å²) in [6, 6.07) is -2.17. The molecule has 0 aliphatic heterocycles. The lowest BCUT2D eigenvalue weighted by Crippen LogP contribution is -2.52. The van der Waals surface area contributed by atoms with Gasteiger partial charge >= 0.3 is 12.0 Å². The van der Waals surface area contributed by atoms with Crippen LogP contribution in [0, 0.1) is 0 Å². The zero-order valence-electron chi connectivity index (χ0n) is 11.9. The fourth-order valence-corrected chi connectivity index (χ4v) is 1.51. The number of urea groups is 1. The number of nitrogens with zero attached hydrogens (tertiary/aromatic N) is 1. The lowest BCUT2D eigenvalue weighted by molar-refractivity contribution is -0.141. The number of carboxylic acids is 1. The molecule has 0 saturated heterocycles. The number of hydrogen-bond donors (Lipinski definition) is 3. The Bertz CT molecular complexity index is 333. The van der Waals surface area contributed by atoms with E-state index in [1.807, 2.05) is 6.92 Å². The normalized spacial score (nSPS) is 13.3. The number of nitrogens with one attached hydrogen (secondary N) is 2. The fourth-order valence-electron chi connectivity index (χ4n) is 1.51. The topological polar surface area (TPSA) is 98.7 Å². The summed E-state index contributed by atoms with van der Waals surface area (Å²) >= 11 is 0. The Morgan fingerprint density at radius 3 is 2.26 bits per heavy atom. The van der Waals surface area contributed by atoms with Crippen molar-refractivity contribution in [3.63, 3.8) is 0 Å². The van der Waals surface area contributed by atoms with Crippen LogP contribution in [0.25, 0.3) is 0 Å². The van der Waals surface area contributed by atoms with Gasteiger partial charge in [-0.15, -0.1) is 0 Å². The van der Waals surface area contributed by atoms with Gasteiger partial charge in [0.05, 0.1) is 0 Å². The van der Waals surface area contributed by atoms with Gasteiger partial charge in [-0.2, -0.15) is 0 Å². The number of hydrogen-bond acceptors (Lipinski definition) is 3. The van der Waals surface area contributed by atoms with Crippen LogP contribution < -0.4 is 10.6 Å². The Hall–Kier alpha value is -1.79. The highest BCUT2D eigenvalue weighted by molar-refractivity contribution is 5.88. The van der Waals surface area contributed by atoms with Gasteiger partial charge in [-0.05, 0) is 19.8 Å². The van der Waals surface area contributed by atoms with Gasteiger partial charge < -0.3 is 20.6 Å². The van der Waals surface area contributed by atoms with Gasteiger partial charge in [0.1, 0.15) is 12.1 Å². The summed E-state index contributed by atoms with van der Waals surface area (Å²) in [6.45, 7) is 5.70. The molecule has 0 aromatic heterocycles. The van der Waals surface area contributed by atoms with Gasteiger partial charge in [-0.1, -0.05) is 13.8 Å². The van der Waals surface area contributed by atoms with E-state index in [9.17, 15) is 14.4 Å². The lowest BCUT2D eigenvalue weighted by atomic mass is 10.2. The van der Waals surface area contributed by atoms with Gasteiger partial charge in [0.25, 0.3) is 0 Å². The van der Waals surface area contributed by atoms with Gasteiger partial charge in [-0.25, -0.2) is 9.59 Å². The summed E-state index contributed by atoms with van der Waals surface area (Å²) in [6.07, 6.45) is 1.11. The number of likely N-dealkylation sites (N-methyl/N-ethyl adjacent to an activating group) is 1. The second-order valence-electron chi connectivity index (χ2n) is 4.34. The molecule has 0 aliphatic rings. The van der Waals surface area contributed by atoms with Crippen molar-refractivity contribution in [2.75, 3.05) is 13.6 Å². The zero-order chi connectivity index (χ0) is 15.0. The summed E-state index contributed by atoms with van der Waals surface area (Å²) in [4.78, 5) is 35.4. The molecule has 3 N–H and O–H groups in total. The number of rotatable bonds is 7. The molecule has 0 aromatic carbocycles. The highest BCUT2D eigenvalue weighted by Gasteiger charge is 2.26. The minimum atomic E-state index is -1.07. The van der Waals surface area contributed by atoms with E-state index < -0.39 is 24.1 Å². The second kappa shape index (κ2) is 8.34. The van der Waals surface area contributed by atoms with E-state index in [4.69, 9.17) is 5.11 Å². The summed E-state index contributed by atoms with van der Waals surface area (Å²) in [5.41, 5.74) is 0. The minimum absolute atomic E-state index is 0.285. The molecule has 3 amide bonds. The summed E-state index contributed by atoms with van der Waals surface area (Å²) in [5, 5.41) is 14.1. The Morgan fingerprint density at radius 1 is 1.26 bits per heavy atom. The number of carbonyl (C=O) groups excluding carboxylic acids is 2. The molecule has 0 aromatic rings. The molecule has 0 spiro atoms. The molecule has 0 saturated carbocycles. The van der Waals surface area contributed by atoms with E-state index >= 15 is 0 Å². The molecule has 0 fully saturated rings. The predicted octanol–water partition coefficient (Wildman–Crippen LogP) is 0.406. The van der Waals surface area contributed by atoms with Crippen molar-refractivity contribution in [1.29, 1.82) is 0 Å². The third-order valence-corrected chi connectivity index (χ3v) is 2.74. The molecular weight excluding hydrogens is 250 g/mol. The van der Waals surface area contributed by atoms with Gasteiger partial charge in [0.15, 0.2) is 0 Å². The SMILES string of the molecule is CCCNC(=O)C(C)NC(=O)N(C)C(CC)C(=O)O. The largest absolute Gasteiger partial charge is 0.480 e. The first kappa shape index (κ1) is 17.2. The average Bonchev–Trinajstić information content (AvgIpc) is 2.35. The zero-order valence-corrected chi connectivity index (χ0v) is 11.9. The molecule has 7 nitrogen and oxygen atoms in total. The predicted molar refractivity (Wildman–Crippen MR) is 70.8 cm³/mol. The van der Waals surface area contributed by atoms with Crippen molar-refractivity contribution in [2.45, 2.75) is 45.7 Å². The third-order valence-electron chi connectivity index (χ3n) is 2.74. The molecule has 2 unspecified atom stereocenters. The number of aliphatic carboxylic acids is 1. The first-order valence-electron chi connectivity index (χ1n) is 6.38. The van der Waals surface area contributed by atoms with Crippen LogP contribution in [0.2, 0.25) is 0 Å². The molecular formula is C12H23N3O4. The highest BCUT2D eigenvalue weighted by Crippen LogP contribution is 2.02. The maximum atomic E-state index is 11.8. The summed E-state index contributed by atoms with van der Waals surface area (Å²) < 4.78 is 0. The first-order valence-corrected chi connectivity index (χ1v) is 6.38. The van der Waals surface area contributed by atoms with Crippen LogP contribution in [0.15, 0.2) is 0 Å². The summed E-state index contributed by atoms with van der Waals surface area (Å²) in [7, 11) is 1.40. The van der Waals surface area contributed by atoms with Crippen LogP contribution >= 0.6 is 0 Å². The molecule has 0 rings (SSSR count). The van der Waals surface area contributed by atoms with Crippen molar-refractivity contribution in [3.8, 4) is 0 Å². The highest BCUT2D eigenvalue weighted by atomic mass is 16.4. The molecule has 7 heteroatoms. The van der Waals surface area contributed by atoms with Crippen molar-refractivity contribution in [2.24, 2.45) is 0 Å². The van der Waals surface area contributed by atoms with Crippen LogP contribution in [0.4, 0.5) is 4.79 Å². The Kier molecular flexibility index (Phi) is 7.55. The van der Waals surface area contributed by atoms with E-state index in [0.29, 0.717) is 13.0 Å². The van der Waals surface area contributed by atoms with Crippen molar-refractivity contribution in [3.05, 3.63) is 0 Å². The summed E-state index contributed by atoms with van der Waals surface area (Å²) in [5.74, 6) is -1.35.